The molecule has 1 aromatic carbocycles. The summed E-state index contributed by atoms with van der Waals surface area (Å²) in [4.78, 5) is 37.2. The predicted molar refractivity (Wildman–Crippen MR) is 94.9 cm³/mol. The van der Waals surface area contributed by atoms with Gasteiger partial charge >= 0.3 is 17.9 Å². The highest BCUT2D eigenvalue weighted by atomic mass is 35.5. The second-order valence-electron chi connectivity index (χ2n) is 5.55. The summed E-state index contributed by atoms with van der Waals surface area (Å²) < 4.78 is 4.94. The second-order valence-corrected chi connectivity index (χ2v) is 6.42. The van der Waals surface area contributed by atoms with E-state index in [0.29, 0.717) is 48.3 Å². The van der Waals surface area contributed by atoms with Gasteiger partial charge in [-0.1, -0.05) is 23.2 Å². The van der Waals surface area contributed by atoms with Crippen molar-refractivity contribution < 1.29 is 19.1 Å². The lowest BCUT2D eigenvalue weighted by Crippen LogP contribution is -2.49. The minimum absolute atomic E-state index is 0.174. The van der Waals surface area contributed by atoms with Crippen LogP contribution in [0, 0.1) is 0 Å². The first-order chi connectivity index (χ1) is 11.9. The first kappa shape index (κ1) is 19.3. The number of anilines is 1. The molecule has 1 aliphatic rings. The van der Waals surface area contributed by atoms with Crippen molar-refractivity contribution in [2.45, 2.75) is 25.8 Å². The van der Waals surface area contributed by atoms with E-state index in [2.05, 4.69) is 10.6 Å². The summed E-state index contributed by atoms with van der Waals surface area (Å²) in [7, 11) is 0. The number of ether oxygens (including phenoxy) is 1. The Kier molecular flexibility index (Phi) is 6.90. The van der Waals surface area contributed by atoms with Crippen molar-refractivity contribution in [2.24, 2.45) is 0 Å². The van der Waals surface area contributed by atoms with E-state index in [1.54, 1.807) is 11.8 Å². The second kappa shape index (κ2) is 8.92. The number of likely N-dealkylation sites (tertiary alicyclic amines) is 1. The van der Waals surface area contributed by atoms with Crippen LogP contribution in [0.1, 0.15) is 19.8 Å². The Balaban J connectivity index is 1.82. The molecule has 3 amide bonds. The molecule has 0 atom stereocenters. The number of halogens is 2. The van der Waals surface area contributed by atoms with Crippen LogP contribution >= 0.6 is 23.2 Å². The van der Waals surface area contributed by atoms with Gasteiger partial charge in [-0.05, 0) is 38.0 Å². The van der Waals surface area contributed by atoms with Gasteiger partial charge < -0.3 is 20.3 Å². The van der Waals surface area contributed by atoms with Gasteiger partial charge in [0.15, 0.2) is 0 Å². The van der Waals surface area contributed by atoms with Crippen molar-refractivity contribution in [3.63, 3.8) is 0 Å². The molecule has 0 aromatic heterocycles. The Morgan fingerprint density at radius 2 is 1.72 bits per heavy atom. The molecular weight excluding hydrogens is 369 g/mol. The number of carbonyl (C=O) groups excluding carboxylic acids is 3. The van der Waals surface area contributed by atoms with E-state index in [1.165, 1.54) is 18.2 Å². The number of nitrogens with one attached hydrogen (secondary N) is 2. The first-order valence-electron chi connectivity index (χ1n) is 7.88. The third-order valence-electron chi connectivity index (χ3n) is 3.68. The maximum absolute atomic E-state index is 12.0. The summed E-state index contributed by atoms with van der Waals surface area (Å²) in [6.07, 6.45) is 0.754. The number of amides is 3. The van der Waals surface area contributed by atoms with Gasteiger partial charge in [0, 0.05) is 34.9 Å². The molecule has 1 saturated heterocycles. The van der Waals surface area contributed by atoms with Gasteiger partial charge in [0.05, 0.1) is 6.61 Å². The summed E-state index contributed by atoms with van der Waals surface area (Å²) >= 11 is 11.7. The van der Waals surface area contributed by atoms with Gasteiger partial charge in [0.25, 0.3) is 0 Å². The molecule has 1 aliphatic heterocycles. The van der Waals surface area contributed by atoms with Gasteiger partial charge in [-0.2, -0.15) is 0 Å². The number of benzene rings is 1. The van der Waals surface area contributed by atoms with Crippen LogP contribution in [0.3, 0.4) is 0 Å². The molecular formula is C16H19Cl2N3O4. The van der Waals surface area contributed by atoms with Crippen molar-refractivity contribution in [1.82, 2.24) is 10.2 Å². The van der Waals surface area contributed by atoms with Crippen LogP contribution in [-0.4, -0.2) is 48.5 Å². The molecule has 136 valence electrons. The molecule has 0 unspecified atom stereocenters. The maximum atomic E-state index is 12.0. The van der Waals surface area contributed by atoms with Crippen LogP contribution in [-0.2, 0) is 14.3 Å². The topological polar surface area (TPSA) is 87.7 Å². The molecule has 0 spiro atoms. The molecule has 0 radical (unpaired) electrons. The van der Waals surface area contributed by atoms with Crippen molar-refractivity contribution in [1.29, 1.82) is 0 Å². The van der Waals surface area contributed by atoms with Crippen LogP contribution in [0.2, 0.25) is 10.0 Å². The Morgan fingerprint density at radius 3 is 2.28 bits per heavy atom. The van der Waals surface area contributed by atoms with Crippen LogP contribution in [0.15, 0.2) is 18.2 Å². The molecule has 7 nitrogen and oxygen atoms in total. The lowest BCUT2D eigenvalue weighted by Gasteiger charge is -2.31. The van der Waals surface area contributed by atoms with E-state index in [1.807, 2.05) is 0 Å². The van der Waals surface area contributed by atoms with Crippen molar-refractivity contribution in [2.75, 3.05) is 25.0 Å². The van der Waals surface area contributed by atoms with Crippen LogP contribution < -0.4 is 10.6 Å². The minimum atomic E-state index is -0.800. The molecule has 2 rings (SSSR count). The van der Waals surface area contributed by atoms with E-state index >= 15 is 0 Å². The molecule has 25 heavy (non-hydrogen) atoms. The van der Waals surface area contributed by atoms with Gasteiger partial charge in [-0.3, -0.25) is 9.59 Å². The van der Waals surface area contributed by atoms with Crippen molar-refractivity contribution >= 4 is 46.8 Å². The van der Waals surface area contributed by atoms with E-state index in [-0.39, 0.29) is 12.1 Å². The summed E-state index contributed by atoms with van der Waals surface area (Å²) in [6, 6.07) is 4.34. The van der Waals surface area contributed by atoms with Gasteiger partial charge in [0.2, 0.25) is 0 Å². The average molecular weight is 388 g/mol. The summed E-state index contributed by atoms with van der Waals surface area (Å²) in [5.74, 6) is -1.54. The summed E-state index contributed by atoms with van der Waals surface area (Å²) in [6.45, 7) is 3.00. The van der Waals surface area contributed by atoms with Gasteiger partial charge in [-0.15, -0.1) is 0 Å². The molecule has 1 heterocycles. The minimum Gasteiger partial charge on any atom is -0.450 e. The van der Waals surface area contributed by atoms with Crippen molar-refractivity contribution in [3.8, 4) is 0 Å². The summed E-state index contributed by atoms with van der Waals surface area (Å²) in [5, 5.41) is 5.83. The Hall–Kier alpha value is -1.99. The highest BCUT2D eigenvalue weighted by Gasteiger charge is 2.26. The van der Waals surface area contributed by atoms with E-state index < -0.39 is 11.8 Å². The van der Waals surface area contributed by atoms with E-state index in [9.17, 15) is 14.4 Å². The molecule has 9 heteroatoms. The Bertz CT molecular complexity index is 641. The number of hydrogen-bond donors (Lipinski definition) is 2. The largest absolute Gasteiger partial charge is 0.450 e. The predicted octanol–water partition coefficient (Wildman–Crippen LogP) is 2.67. The van der Waals surface area contributed by atoms with Crippen LogP contribution in [0.5, 0.6) is 0 Å². The fourth-order valence-electron chi connectivity index (χ4n) is 2.49. The zero-order valence-corrected chi connectivity index (χ0v) is 15.2. The van der Waals surface area contributed by atoms with Crippen LogP contribution in [0.4, 0.5) is 10.5 Å². The molecule has 0 saturated carbocycles. The fraction of sp³-hybridized carbons (Fsp3) is 0.438. The van der Waals surface area contributed by atoms with Gasteiger partial charge in [0.1, 0.15) is 0 Å². The smallest absolute Gasteiger partial charge is 0.409 e. The van der Waals surface area contributed by atoms with Crippen LogP contribution in [0.25, 0.3) is 0 Å². The zero-order valence-electron chi connectivity index (χ0n) is 13.7. The Morgan fingerprint density at radius 1 is 1.12 bits per heavy atom. The standard InChI is InChI=1S/C16H19Cl2N3O4/c1-2-25-16(24)21-5-3-12(4-6-21)19-14(22)15(23)20-13-8-10(17)7-11(18)9-13/h7-9,12H,2-6H2,1H3,(H,19,22)(H,20,23). The molecule has 0 aliphatic carbocycles. The normalized spacial score (nSPS) is 14.8. The van der Waals surface area contributed by atoms with Gasteiger partial charge in [-0.25, -0.2) is 4.79 Å². The first-order valence-corrected chi connectivity index (χ1v) is 8.64. The number of rotatable bonds is 3. The quantitative estimate of drug-likeness (QED) is 0.780. The number of hydrogen-bond acceptors (Lipinski definition) is 4. The summed E-state index contributed by atoms with van der Waals surface area (Å²) in [5.41, 5.74) is 0.342. The third kappa shape index (κ3) is 5.79. The fourth-order valence-corrected chi connectivity index (χ4v) is 3.01. The molecule has 1 fully saturated rings. The van der Waals surface area contributed by atoms with E-state index in [0.717, 1.165) is 0 Å². The number of piperidine rings is 1. The molecule has 0 bridgehead atoms. The number of carbonyl (C=O) groups is 3. The maximum Gasteiger partial charge on any atom is 0.409 e. The Labute approximate surface area is 155 Å². The number of nitrogens with zero attached hydrogens (tertiary/aromatic N) is 1. The monoisotopic (exact) mass is 387 g/mol. The average Bonchev–Trinajstić information content (AvgIpc) is 2.54. The van der Waals surface area contributed by atoms with Crippen molar-refractivity contribution in [3.05, 3.63) is 28.2 Å². The highest BCUT2D eigenvalue weighted by Crippen LogP contribution is 2.22. The SMILES string of the molecule is CCOC(=O)N1CCC(NC(=O)C(=O)Nc2cc(Cl)cc(Cl)c2)CC1. The third-order valence-corrected chi connectivity index (χ3v) is 4.12. The molecule has 1 aromatic rings. The zero-order chi connectivity index (χ0) is 18.4. The van der Waals surface area contributed by atoms with E-state index in [4.69, 9.17) is 27.9 Å². The highest BCUT2D eigenvalue weighted by molar-refractivity contribution is 6.40. The molecule has 2 N–H and O–H groups in total. The lowest BCUT2D eigenvalue weighted by molar-refractivity contribution is -0.136. The lowest BCUT2D eigenvalue weighted by atomic mass is 10.1.